The van der Waals surface area contributed by atoms with Crippen LogP contribution in [0, 0.1) is 5.92 Å². The number of aromatic nitrogens is 1. The SMILES string of the molecule is CCCn1cc2c3c(cccc31)[C@H]1C[C@@H](CO)CN[C@@H]1C2. The second-order valence-electron chi connectivity index (χ2n) is 6.70. The standard InChI is InChI=1S/C18H24N2O/c1-2-6-20-10-13-8-16-15(7-12(11-21)9-19-16)14-4-3-5-17(20)18(13)14/h3-5,10,12,15-16,19,21H,2,6-9,11H2,1H3/t12-,15-,16-/m1/s1. The van der Waals surface area contributed by atoms with E-state index in [1.807, 2.05) is 0 Å². The van der Waals surface area contributed by atoms with Gasteiger partial charge in [0, 0.05) is 48.8 Å². The topological polar surface area (TPSA) is 37.2 Å². The first-order chi connectivity index (χ1) is 10.3. The first-order valence-corrected chi connectivity index (χ1v) is 8.26. The Morgan fingerprint density at radius 3 is 3.10 bits per heavy atom. The van der Waals surface area contributed by atoms with Crippen LogP contribution in [0.4, 0.5) is 0 Å². The summed E-state index contributed by atoms with van der Waals surface area (Å²) in [7, 11) is 0. The van der Waals surface area contributed by atoms with Crippen molar-refractivity contribution >= 4 is 10.9 Å². The maximum Gasteiger partial charge on any atom is 0.0486 e. The zero-order chi connectivity index (χ0) is 14.4. The van der Waals surface area contributed by atoms with Gasteiger partial charge in [0.05, 0.1) is 0 Å². The Morgan fingerprint density at radius 1 is 1.38 bits per heavy atom. The van der Waals surface area contributed by atoms with E-state index < -0.39 is 0 Å². The van der Waals surface area contributed by atoms with Gasteiger partial charge in [-0.3, -0.25) is 0 Å². The summed E-state index contributed by atoms with van der Waals surface area (Å²) >= 11 is 0. The Balaban J connectivity index is 1.83. The van der Waals surface area contributed by atoms with E-state index in [1.165, 1.54) is 28.5 Å². The molecule has 1 saturated heterocycles. The van der Waals surface area contributed by atoms with Gasteiger partial charge in [-0.05, 0) is 42.4 Å². The molecule has 0 spiro atoms. The van der Waals surface area contributed by atoms with Crippen LogP contribution in [0.1, 0.15) is 36.8 Å². The first kappa shape index (κ1) is 13.4. The number of nitrogens with one attached hydrogen (secondary N) is 1. The van der Waals surface area contributed by atoms with E-state index in [0.29, 0.717) is 24.5 Å². The number of aryl methyl sites for hydroxylation is 1. The summed E-state index contributed by atoms with van der Waals surface area (Å²) in [5, 5.41) is 14.7. The molecule has 0 radical (unpaired) electrons. The normalized spacial score (nSPS) is 27.8. The van der Waals surface area contributed by atoms with Crippen molar-refractivity contribution in [3.05, 3.63) is 35.5 Å². The minimum atomic E-state index is 0.301. The molecule has 0 bridgehead atoms. The quantitative estimate of drug-likeness (QED) is 0.909. The van der Waals surface area contributed by atoms with Crippen molar-refractivity contribution in [3.8, 4) is 0 Å². The highest BCUT2D eigenvalue weighted by Gasteiger charge is 2.36. The number of rotatable bonds is 3. The van der Waals surface area contributed by atoms with Crippen molar-refractivity contribution < 1.29 is 5.11 Å². The van der Waals surface area contributed by atoms with Gasteiger partial charge in [0.15, 0.2) is 0 Å². The van der Waals surface area contributed by atoms with Crippen molar-refractivity contribution in [2.75, 3.05) is 13.2 Å². The number of nitrogens with zero attached hydrogens (tertiary/aromatic N) is 1. The zero-order valence-electron chi connectivity index (χ0n) is 12.7. The average Bonchev–Trinajstić information content (AvgIpc) is 2.87. The predicted molar refractivity (Wildman–Crippen MR) is 85.7 cm³/mol. The lowest BCUT2D eigenvalue weighted by Crippen LogP contribution is -2.47. The van der Waals surface area contributed by atoms with E-state index in [0.717, 1.165) is 25.9 Å². The maximum atomic E-state index is 9.50. The Hall–Kier alpha value is -1.32. The first-order valence-electron chi connectivity index (χ1n) is 8.26. The molecule has 112 valence electrons. The number of fused-ring (bicyclic) bond motifs is 2. The highest BCUT2D eigenvalue weighted by Crippen LogP contribution is 2.42. The van der Waals surface area contributed by atoms with Crippen LogP contribution in [-0.4, -0.2) is 28.9 Å². The van der Waals surface area contributed by atoms with Gasteiger partial charge in [-0.2, -0.15) is 0 Å². The highest BCUT2D eigenvalue weighted by molar-refractivity contribution is 5.89. The third-order valence-electron chi connectivity index (χ3n) is 5.32. The number of aliphatic hydroxyl groups excluding tert-OH is 1. The van der Waals surface area contributed by atoms with E-state index in [4.69, 9.17) is 0 Å². The zero-order valence-corrected chi connectivity index (χ0v) is 12.7. The van der Waals surface area contributed by atoms with Crippen molar-refractivity contribution in [2.24, 2.45) is 5.92 Å². The van der Waals surface area contributed by atoms with Crippen LogP contribution < -0.4 is 5.32 Å². The van der Waals surface area contributed by atoms with Gasteiger partial charge in [-0.1, -0.05) is 19.1 Å². The monoisotopic (exact) mass is 284 g/mol. The lowest BCUT2D eigenvalue weighted by Gasteiger charge is -2.39. The molecule has 2 aromatic rings. The van der Waals surface area contributed by atoms with Crippen LogP contribution >= 0.6 is 0 Å². The summed E-state index contributed by atoms with van der Waals surface area (Å²) in [5.74, 6) is 0.963. The van der Waals surface area contributed by atoms with E-state index in [9.17, 15) is 5.11 Å². The van der Waals surface area contributed by atoms with Crippen molar-refractivity contribution in [2.45, 2.75) is 44.7 Å². The van der Waals surface area contributed by atoms with Gasteiger partial charge in [0.25, 0.3) is 0 Å². The van der Waals surface area contributed by atoms with E-state index in [-0.39, 0.29) is 0 Å². The molecule has 2 aliphatic rings. The summed E-state index contributed by atoms with van der Waals surface area (Å²) in [4.78, 5) is 0. The molecule has 2 heterocycles. The minimum Gasteiger partial charge on any atom is -0.396 e. The van der Waals surface area contributed by atoms with Gasteiger partial charge in [-0.15, -0.1) is 0 Å². The fraction of sp³-hybridized carbons (Fsp3) is 0.556. The molecular weight excluding hydrogens is 260 g/mol. The summed E-state index contributed by atoms with van der Waals surface area (Å²) < 4.78 is 2.43. The number of benzene rings is 1. The van der Waals surface area contributed by atoms with Crippen molar-refractivity contribution in [3.63, 3.8) is 0 Å². The van der Waals surface area contributed by atoms with E-state index in [2.05, 4.69) is 41.2 Å². The van der Waals surface area contributed by atoms with Crippen LogP contribution in [0.3, 0.4) is 0 Å². The molecule has 1 aliphatic heterocycles. The molecule has 2 N–H and O–H groups in total. The van der Waals surface area contributed by atoms with Gasteiger partial charge in [0.1, 0.15) is 0 Å². The van der Waals surface area contributed by atoms with Gasteiger partial charge < -0.3 is 15.0 Å². The van der Waals surface area contributed by atoms with Crippen LogP contribution in [0.25, 0.3) is 10.9 Å². The Morgan fingerprint density at radius 2 is 2.29 bits per heavy atom. The van der Waals surface area contributed by atoms with E-state index >= 15 is 0 Å². The number of hydrogen-bond acceptors (Lipinski definition) is 2. The molecule has 0 amide bonds. The van der Waals surface area contributed by atoms with Crippen LogP contribution in [0.15, 0.2) is 24.4 Å². The number of piperidine rings is 1. The molecule has 0 saturated carbocycles. The number of hydrogen-bond donors (Lipinski definition) is 2. The molecule has 1 fully saturated rings. The summed E-state index contributed by atoms with van der Waals surface area (Å²) in [6.45, 7) is 4.60. The second kappa shape index (κ2) is 5.15. The fourth-order valence-corrected chi connectivity index (χ4v) is 4.36. The van der Waals surface area contributed by atoms with Crippen molar-refractivity contribution in [1.29, 1.82) is 0 Å². The molecule has 1 aromatic heterocycles. The van der Waals surface area contributed by atoms with Crippen LogP contribution in [0.2, 0.25) is 0 Å². The Bertz CT molecular complexity index is 661. The summed E-state index contributed by atoms with van der Waals surface area (Å²) in [6.07, 6.45) is 5.79. The lowest BCUT2D eigenvalue weighted by atomic mass is 9.73. The molecule has 3 atom stereocenters. The molecular formula is C18H24N2O. The third-order valence-corrected chi connectivity index (χ3v) is 5.32. The average molecular weight is 284 g/mol. The van der Waals surface area contributed by atoms with E-state index in [1.54, 1.807) is 0 Å². The largest absolute Gasteiger partial charge is 0.396 e. The Kier molecular flexibility index (Phi) is 3.27. The smallest absolute Gasteiger partial charge is 0.0486 e. The Labute approximate surface area is 126 Å². The number of aliphatic hydroxyl groups is 1. The fourth-order valence-electron chi connectivity index (χ4n) is 4.36. The second-order valence-corrected chi connectivity index (χ2v) is 6.70. The molecule has 1 aliphatic carbocycles. The summed E-state index contributed by atoms with van der Waals surface area (Å²) in [6, 6.07) is 7.32. The summed E-state index contributed by atoms with van der Waals surface area (Å²) in [5.41, 5.74) is 4.40. The highest BCUT2D eigenvalue weighted by atomic mass is 16.3. The van der Waals surface area contributed by atoms with Gasteiger partial charge >= 0.3 is 0 Å². The molecule has 0 unspecified atom stereocenters. The van der Waals surface area contributed by atoms with Gasteiger partial charge in [-0.25, -0.2) is 0 Å². The van der Waals surface area contributed by atoms with Crippen LogP contribution in [-0.2, 0) is 13.0 Å². The molecule has 1 aromatic carbocycles. The molecule has 3 heteroatoms. The third kappa shape index (κ3) is 2.02. The maximum absolute atomic E-state index is 9.50. The molecule has 21 heavy (non-hydrogen) atoms. The molecule has 3 nitrogen and oxygen atoms in total. The van der Waals surface area contributed by atoms with Gasteiger partial charge in [0.2, 0.25) is 0 Å². The lowest BCUT2D eigenvalue weighted by molar-refractivity contribution is 0.168. The predicted octanol–water partition coefficient (Wildman–Crippen LogP) is 2.66. The van der Waals surface area contributed by atoms with Crippen LogP contribution in [0.5, 0.6) is 0 Å². The van der Waals surface area contributed by atoms with Crippen molar-refractivity contribution in [1.82, 2.24) is 9.88 Å². The molecule has 4 rings (SSSR count). The minimum absolute atomic E-state index is 0.301.